The normalized spacial score (nSPS) is 10.8. The van der Waals surface area contributed by atoms with Gasteiger partial charge in [-0.05, 0) is 24.3 Å². The fourth-order valence-corrected chi connectivity index (χ4v) is 2.26. The van der Waals surface area contributed by atoms with Gasteiger partial charge in [0.1, 0.15) is 5.82 Å². The number of hydrogen-bond donors (Lipinski definition) is 5. The van der Waals surface area contributed by atoms with Gasteiger partial charge in [0.05, 0.1) is 11.0 Å². The predicted molar refractivity (Wildman–Crippen MR) is 83.6 cm³/mol. The van der Waals surface area contributed by atoms with E-state index in [2.05, 4.69) is 15.3 Å². The molecule has 0 aliphatic carbocycles. The van der Waals surface area contributed by atoms with Crippen molar-refractivity contribution in [2.75, 3.05) is 6.54 Å². The lowest BCUT2D eigenvalue weighted by atomic mass is 10.1. The van der Waals surface area contributed by atoms with Gasteiger partial charge in [0, 0.05) is 18.5 Å². The van der Waals surface area contributed by atoms with Crippen LogP contribution in [0.25, 0.3) is 11.0 Å². The van der Waals surface area contributed by atoms with E-state index in [0.29, 0.717) is 13.0 Å². The first kappa shape index (κ1) is 14.7. The van der Waals surface area contributed by atoms with E-state index >= 15 is 0 Å². The summed E-state index contributed by atoms with van der Waals surface area (Å²) in [5.74, 6) is -1.46. The van der Waals surface area contributed by atoms with Crippen molar-refractivity contribution < 1.29 is 20.1 Å². The average Bonchev–Trinajstić information content (AvgIpc) is 2.94. The number of carbonyl (C=O) groups is 1. The zero-order chi connectivity index (χ0) is 16.4. The highest BCUT2D eigenvalue weighted by atomic mass is 16.3. The number of carbonyl (C=O) groups excluding carboxylic acids is 1. The van der Waals surface area contributed by atoms with Crippen molar-refractivity contribution in [1.82, 2.24) is 15.3 Å². The minimum Gasteiger partial charge on any atom is -0.504 e. The number of amides is 1. The van der Waals surface area contributed by atoms with Crippen LogP contribution in [-0.2, 0) is 6.42 Å². The second kappa shape index (κ2) is 5.88. The van der Waals surface area contributed by atoms with E-state index < -0.39 is 23.2 Å². The molecular formula is C16H15N3O4. The van der Waals surface area contributed by atoms with Gasteiger partial charge in [0.15, 0.2) is 17.2 Å². The third-order valence-corrected chi connectivity index (χ3v) is 3.42. The average molecular weight is 313 g/mol. The Hall–Kier alpha value is -3.22. The molecule has 3 aromatic rings. The number of hydrogen-bond acceptors (Lipinski definition) is 5. The zero-order valence-corrected chi connectivity index (χ0v) is 12.1. The molecule has 2 aromatic carbocycles. The SMILES string of the molecule is O=C(NCCc1nc2ccccc2[nH]1)c1cc(O)c(O)c(O)c1. The summed E-state index contributed by atoms with van der Waals surface area (Å²) in [6.45, 7) is 0.334. The minimum absolute atomic E-state index is 0.0578. The van der Waals surface area contributed by atoms with Crippen LogP contribution in [0.5, 0.6) is 17.2 Å². The fourth-order valence-electron chi connectivity index (χ4n) is 2.26. The van der Waals surface area contributed by atoms with Crippen LogP contribution in [0.4, 0.5) is 0 Å². The van der Waals surface area contributed by atoms with Crippen LogP contribution in [0.15, 0.2) is 36.4 Å². The number of para-hydroxylation sites is 2. The van der Waals surface area contributed by atoms with Gasteiger partial charge < -0.3 is 25.6 Å². The largest absolute Gasteiger partial charge is 0.504 e. The molecule has 0 bridgehead atoms. The standard InChI is InChI=1S/C16H15N3O4/c20-12-7-9(8-13(21)15(12)22)16(23)17-6-5-14-18-10-3-1-2-4-11(10)19-14/h1-4,7-8,20-22H,5-6H2,(H,17,23)(H,18,19). The summed E-state index contributed by atoms with van der Waals surface area (Å²) >= 11 is 0. The maximum atomic E-state index is 12.0. The Balaban J connectivity index is 1.63. The number of aromatic nitrogens is 2. The maximum absolute atomic E-state index is 12.0. The third kappa shape index (κ3) is 3.03. The third-order valence-electron chi connectivity index (χ3n) is 3.42. The van der Waals surface area contributed by atoms with E-state index in [1.807, 2.05) is 24.3 Å². The second-order valence-electron chi connectivity index (χ2n) is 5.07. The summed E-state index contributed by atoms with van der Waals surface area (Å²) in [7, 11) is 0. The Morgan fingerprint density at radius 2 is 1.83 bits per heavy atom. The molecule has 0 aliphatic heterocycles. The summed E-state index contributed by atoms with van der Waals surface area (Å²) in [4.78, 5) is 19.5. The summed E-state index contributed by atoms with van der Waals surface area (Å²) in [6, 6.07) is 9.81. The van der Waals surface area contributed by atoms with Crippen molar-refractivity contribution in [3.63, 3.8) is 0 Å². The molecule has 7 nitrogen and oxygen atoms in total. The lowest BCUT2D eigenvalue weighted by Crippen LogP contribution is -2.25. The molecule has 23 heavy (non-hydrogen) atoms. The number of H-pyrrole nitrogens is 1. The molecule has 0 radical (unpaired) electrons. The van der Waals surface area contributed by atoms with E-state index in [9.17, 15) is 20.1 Å². The molecule has 7 heteroatoms. The molecule has 118 valence electrons. The van der Waals surface area contributed by atoms with Gasteiger partial charge >= 0.3 is 0 Å². The van der Waals surface area contributed by atoms with Crippen LogP contribution >= 0.6 is 0 Å². The van der Waals surface area contributed by atoms with Crippen LogP contribution in [0.2, 0.25) is 0 Å². The highest BCUT2D eigenvalue weighted by molar-refractivity contribution is 5.95. The van der Waals surface area contributed by atoms with Crippen LogP contribution in [0.1, 0.15) is 16.2 Å². The van der Waals surface area contributed by atoms with Crippen molar-refractivity contribution in [3.8, 4) is 17.2 Å². The molecule has 0 unspecified atom stereocenters. The summed E-state index contributed by atoms with van der Waals surface area (Å²) in [6.07, 6.45) is 0.510. The molecule has 3 rings (SSSR count). The van der Waals surface area contributed by atoms with E-state index in [0.717, 1.165) is 29.0 Å². The Kier molecular flexibility index (Phi) is 3.76. The molecule has 1 heterocycles. The number of rotatable bonds is 4. The first-order valence-electron chi connectivity index (χ1n) is 7.01. The molecular weight excluding hydrogens is 298 g/mol. The number of aromatic hydroxyl groups is 3. The number of fused-ring (bicyclic) bond motifs is 1. The lowest BCUT2D eigenvalue weighted by Gasteiger charge is -2.07. The Morgan fingerprint density at radius 3 is 2.52 bits per heavy atom. The van der Waals surface area contributed by atoms with Crippen molar-refractivity contribution in [2.45, 2.75) is 6.42 Å². The molecule has 1 amide bonds. The quantitative estimate of drug-likeness (QED) is 0.469. The number of nitrogens with zero attached hydrogens (tertiary/aromatic N) is 1. The summed E-state index contributed by atoms with van der Waals surface area (Å²) in [5.41, 5.74) is 1.85. The minimum atomic E-state index is -0.649. The van der Waals surface area contributed by atoms with E-state index in [4.69, 9.17) is 0 Å². The molecule has 0 fully saturated rings. The van der Waals surface area contributed by atoms with Crippen molar-refractivity contribution in [2.24, 2.45) is 0 Å². The fraction of sp³-hybridized carbons (Fsp3) is 0.125. The molecule has 0 saturated heterocycles. The first-order chi connectivity index (χ1) is 11.0. The van der Waals surface area contributed by atoms with Crippen LogP contribution in [-0.4, -0.2) is 37.7 Å². The smallest absolute Gasteiger partial charge is 0.251 e. The number of aromatic amines is 1. The number of nitrogens with one attached hydrogen (secondary N) is 2. The zero-order valence-electron chi connectivity index (χ0n) is 12.1. The molecule has 1 aromatic heterocycles. The number of phenolic OH excluding ortho intramolecular Hbond substituents is 3. The van der Waals surface area contributed by atoms with Crippen molar-refractivity contribution >= 4 is 16.9 Å². The topological polar surface area (TPSA) is 118 Å². The van der Waals surface area contributed by atoms with Crippen molar-refractivity contribution in [3.05, 3.63) is 47.8 Å². The second-order valence-corrected chi connectivity index (χ2v) is 5.07. The molecule has 0 aliphatic rings. The van der Waals surface area contributed by atoms with Crippen LogP contribution < -0.4 is 5.32 Å². The van der Waals surface area contributed by atoms with Gasteiger partial charge in [-0.1, -0.05) is 12.1 Å². The van der Waals surface area contributed by atoms with Crippen LogP contribution in [0.3, 0.4) is 0 Å². The highest BCUT2D eigenvalue weighted by Gasteiger charge is 2.13. The van der Waals surface area contributed by atoms with Gasteiger partial charge in [-0.2, -0.15) is 0 Å². The number of benzene rings is 2. The lowest BCUT2D eigenvalue weighted by molar-refractivity contribution is 0.0953. The van der Waals surface area contributed by atoms with Crippen molar-refractivity contribution in [1.29, 1.82) is 0 Å². The molecule has 5 N–H and O–H groups in total. The van der Waals surface area contributed by atoms with Gasteiger partial charge in [-0.25, -0.2) is 4.98 Å². The summed E-state index contributed by atoms with van der Waals surface area (Å²) < 4.78 is 0. The monoisotopic (exact) mass is 313 g/mol. The highest BCUT2D eigenvalue weighted by Crippen LogP contribution is 2.35. The van der Waals surface area contributed by atoms with E-state index in [-0.39, 0.29) is 5.56 Å². The maximum Gasteiger partial charge on any atom is 0.251 e. The van der Waals surface area contributed by atoms with Gasteiger partial charge in [-0.3, -0.25) is 4.79 Å². The Labute approximate surface area is 131 Å². The Morgan fingerprint density at radius 1 is 1.13 bits per heavy atom. The van der Waals surface area contributed by atoms with Gasteiger partial charge in [-0.15, -0.1) is 0 Å². The van der Waals surface area contributed by atoms with Crippen LogP contribution in [0, 0.1) is 0 Å². The summed E-state index contributed by atoms with van der Waals surface area (Å²) in [5, 5.41) is 30.7. The van der Waals surface area contributed by atoms with Gasteiger partial charge in [0.25, 0.3) is 5.91 Å². The Bertz CT molecular complexity index is 817. The van der Waals surface area contributed by atoms with E-state index in [1.165, 1.54) is 0 Å². The van der Waals surface area contributed by atoms with Gasteiger partial charge in [0.2, 0.25) is 0 Å². The predicted octanol–water partition coefficient (Wildman–Crippen LogP) is 1.65. The first-order valence-corrected chi connectivity index (χ1v) is 7.01. The molecule has 0 atom stereocenters. The molecule has 0 spiro atoms. The number of imidazole rings is 1. The molecule has 0 saturated carbocycles. The number of phenols is 3. The van der Waals surface area contributed by atoms with E-state index in [1.54, 1.807) is 0 Å².